The first-order valence-electron chi connectivity index (χ1n) is 10.8. The van der Waals surface area contributed by atoms with Gasteiger partial charge >= 0.3 is 0 Å². The van der Waals surface area contributed by atoms with Gasteiger partial charge in [0.25, 0.3) is 5.91 Å². The van der Waals surface area contributed by atoms with Crippen LogP contribution in [0, 0.1) is 5.92 Å². The van der Waals surface area contributed by atoms with Crippen LogP contribution >= 0.6 is 0 Å². The summed E-state index contributed by atoms with van der Waals surface area (Å²) in [7, 11) is 0. The second kappa shape index (κ2) is 7.22. The number of hydrogen-bond acceptors (Lipinski definition) is 5. The number of piperidine rings is 1. The quantitative estimate of drug-likeness (QED) is 0.648. The lowest BCUT2D eigenvalue weighted by atomic mass is 9.74. The number of carbonyl (C=O) groups excluding carboxylic acids is 3. The van der Waals surface area contributed by atoms with Crippen LogP contribution in [0.3, 0.4) is 0 Å². The normalized spacial score (nSPS) is 27.9. The molecule has 1 saturated carbocycles. The minimum Gasteiger partial charge on any atom is -0.322 e. The van der Waals surface area contributed by atoms with Crippen molar-refractivity contribution in [3.05, 3.63) is 34.9 Å². The van der Waals surface area contributed by atoms with E-state index in [4.69, 9.17) is 0 Å². The molecule has 3 aliphatic heterocycles. The summed E-state index contributed by atoms with van der Waals surface area (Å²) >= 11 is 0. The van der Waals surface area contributed by atoms with E-state index in [1.54, 1.807) is 4.90 Å². The Morgan fingerprint density at radius 3 is 2.79 bits per heavy atom. The predicted molar refractivity (Wildman–Crippen MR) is 107 cm³/mol. The van der Waals surface area contributed by atoms with Crippen LogP contribution in [0.2, 0.25) is 0 Å². The van der Waals surface area contributed by atoms with Crippen LogP contribution in [0.5, 0.6) is 0 Å². The van der Waals surface area contributed by atoms with Crippen LogP contribution in [0.4, 0.5) is 0 Å². The summed E-state index contributed by atoms with van der Waals surface area (Å²) in [6, 6.07) is 5.40. The van der Waals surface area contributed by atoms with Gasteiger partial charge in [-0.15, -0.1) is 0 Å². The Kier molecular flexibility index (Phi) is 4.67. The first-order chi connectivity index (χ1) is 14.0. The molecule has 3 heterocycles. The maximum Gasteiger partial charge on any atom is 0.255 e. The lowest BCUT2D eigenvalue weighted by molar-refractivity contribution is -0.136. The van der Waals surface area contributed by atoms with Crippen molar-refractivity contribution in [2.75, 3.05) is 13.1 Å². The number of carbonyl (C=O) groups is 3. The number of fused-ring (bicyclic) bond motifs is 1. The van der Waals surface area contributed by atoms with Crippen molar-refractivity contribution in [1.29, 1.82) is 0 Å². The maximum atomic E-state index is 12.8. The molecule has 2 unspecified atom stereocenters. The first kappa shape index (κ1) is 18.8. The maximum absolute atomic E-state index is 12.8. The van der Waals surface area contributed by atoms with Crippen molar-refractivity contribution in [3.8, 4) is 0 Å². The zero-order valence-corrected chi connectivity index (χ0v) is 16.6. The van der Waals surface area contributed by atoms with Crippen molar-refractivity contribution in [1.82, 2.24) is 20.9 Å². The fraction of sp³-hybridized carbons (Fsp3) is 0.591. The van der Waals surface area contributed by atoms with Gasteiger partial charge in [-0.05, 0) is 68.3 Å². The van der Waals surface area contributed by atoms with Crippen LogP contribution in [0.25, 0.3) is 0 Å². The number of nitrogens with zero attached hydrogens (tertiary/aromatic N) is 1. The van der Waals surface area contributed by atoms with Crippen molar-refractivity contribution in [2.45, 2.75) is 63.2 Å². The molecule has 2 atom stereocenters. The lowest BCUT2D eigenvalue weighted by Gasteiger charge is -2.38. The summed E-state index contributed by atoms with van der Waals surface area (Å²) < 4.78 is 0. The fourth-order valence-electron chi connectivity index (χ4n) is 5.34. The molecule has 0 bridgehead atoms. The molecule has 2 saturated heterocycles. The minimum atomic E-state index is -0.553. The molecule has 3 fully saturated rings. The van der Waals surface area contributed by atoms with Crippen molar-refractivity contribution in [3.63, 3.8) is 0 Å². The molecular formula is C22H28N4O3. The van der Waals surface area contributed by atoms with Gasteiger partial charge in [0.1, 0.15) is 6.04 Å². The van der Waals surface area contributed by atoms with E-state index in [0.29, 0.717) is 30.0 Å². The van der Waals surface area contributed by atoms with E-state index in [1.165, 1.54) is 25.7 Å². The molecular weight excluding hydrogens is 368 g/mol. The molecule has 4 aliphatic rings. The Bertz CT molecular complexity index is 864. The molecule has 29 heavy (non-hydrogen) atoms. The lowest BCUT2D eigenvalue weighted by Crippen LogP contribution is -2.52. The van der Waals surface area contributed by atoms with Crippen LogP contribution in [0.1, 0.15) is 60.0 Å². The molecule has 3 amide bonds. The van der Waals surface area contributed by atoms with E-state index in [-0.39, 0.29) is 24.1 Å². The molecule has 1 aliphatic carbocycles. The number of benzene rings is 1. The highest BCUT2D eigenvalue weighted by Crippen LogP contribution is 2.40. The van der Waals surface area contributed by atoms with Crippen LogP contribution in [0.15, 0.2) is 18.2 Å². The van der Waals surface area contributed by atoms with Gasteiger partial charge in [-0.25, -0.2) is 0 Å². The number of hydrogen-bond donors (Lipinski definition) is 3. The average molecular weight is 396 g/mol. The number of rotatable bonds is 5. The standard InChI is InChI=1S/C22H28N4O3/c27-19-5-4-18(20(28)25-19)26-13-16-8-14(2-3-17(16)21(26)29)10-23-11-15-9-22(24-12-15)6-1-7-22/h2-3,8,15,18,23-24H,1,4-7,9-13H2,(H,25,27,28). The Morgan fingerprint density at radius 1 is 1.21 bits per heavy atom. The molecule has 1 aromatic rings. The highest BCUT2D eigenvalue weighted by molar-refractivity contribution is 6.05. The minimum absolute atomic E-state index is 0.114. The highest BCUT2D eigenvalue weighted by Gasteiger charge is 2.43. The summed E-state index contributed by atoms with van der Waals surface area (Å²) in [6.45, 7) is 3.33. The molecule has 154 valence electrons. The Morgan fingerprint density at radius 2 is 2.07 bits per heavy atom. The number of amides is 3. The number of imide groups is 1. The van der Waals surface area contributed by atoms with E-state index < -0.39 is 6.04 Å². The SMILES string of the molecule is O=C1CCC(N2Cc3cc(CNCC4CNC5(CCC5)C4)ccc3C2=O)C(=O)N1. The van der Waals surface area contributed by atoms with Crippen molar-refractivity contribution >= 4 is 17.7 Å². The monoisotopic (exact) mass is 396 g/mol. The summed E-state index contributed by atoms with van der Waals surface area (Å²) in [5.74, 6) is -0.0469. The fourth-order valence-corrected chi connectivity index (χ4v) is 5.34. The van der Waals surface area contributed by atoms with Crippen LogP contribution < -0.4 is 16.0 Å². The Hall–Kier alpha value is -2.25. The number of nitrogens with one attached hydrogen (secondary N) is 3. The molecule has 1 spiro atoms. The van der Waals surface area contributed by atoms with Crippen LogP contribution in [-0.4, -0.2) is 47.3 Å². The van der Waals surface area contributed by atoms with Gasteiger partial charge in [-0.3, -0.25) is 19.7 Å². The average Bonchev–Trinajstić information content (AvgIpc) is 3.24. The van der Waals surface area contributed by atoms with E-state index in [2.05, 4.69) is 22.0 Å². The zero-order valence-electron chi connectivity index (χ0n) is 16.6. The third-order valence-electron chi connectivity index (χ3n) is 7.11. The first-order valence-corrected chi connectivity index (χ1v) is 10.8. The van der Waals surface area contributed by atoms with E-state index >= 15 is 0 Å². The van der Waals surface area contributed by atoms with Gasteiger partial charge in [0.15, 0.2) is 0 Å². The van der Waals surface area contributed by atoms with Gasteiger partial charge in [0.2, 0.25) is 11.8 Å². The zero-order chi connectivity index (χ0) is 20.0. The van der Waals surface area contributed by atoms with Crippen molar-refractivity contribution in [2.24, 2.45) is 5.92 Å². The molecule has 0 aromatic heterocycles. The molecule has 3 N–H and O–H groups in total. The molecule has 0 radical (unpaired) electrons. The Balaban J connectivity index is 1.18. The topological polar surface area (TPSA) is 90.5 Å². The largest absolute Gasteiger partial charge is 0.322 e. The summed E-state index contributed by atoms with van der Waals surface area (Å²) in [5.41, 5.74) is 3.24. The molecule has 5 rings (SSSR count). The van der Waals surface area contributed by atoms with Crippen molar-refractivity contribution < 1.29 is 14.4 Å². The van der Waals surface area contributed by atoms with Gasteiger partial charge in [0.05, 0.1) is 0 Å². The summed E-state index contributed by atoms with van der Waals surface area (Å²) in [6.07, 6.45) is 5.97. The molecule has 7 heteroatoms. The van der Waals surface area contributed by atoms with Crippen LogP contribution in [-0.2, 0) is 22.7 Å². The second-order valence-electron chi connectivity index (χ2n) is 9.11. The van der Waals surface area contributed by atoms with Gasteiger partial charge in [0, 0.05) is 30.6 Å². The van der Waals surface area contributed by atoms with Gasteiger partial charge in [-0.2, -0.15) is 0 Å². The predicted octanol–water partition coefficient (Wildman–Crippen LogP) is 1.07. The second-order valence-corrected chi connectivity index (χ2v) is 9.11. The van der Waals surface area contributed by atoms with E-state index in [9.17, 15) is 14.4 Å². The summed E-state index contributed by atoms with van der Waals surface area (Å²) in [4.78, 5) is 37.9. The highest BCUT2D eigenvalue weighted by atomic mass is 16.2. The third-order valence-corrected chi connectivity index (χ3v) is 7.11. The van der Waals surface area contributed by atoms with E-state index in [1.807, 2.05) is 12.1 Å². The van der Waals surface area contributed by atoms with Gasteiger partial charge < -0.3 is 15.5 Å². The smallest absolute Gasteiger partial charge is 0.255 e. The third kappa shape index (κ3) is 3.46. The molecule has 7 nitrogen and oxygen atoms in total. The molecule has 1 aromatic carbocycles. The Labute approximate surface area is 170 Å². The van der Waals surface area contributed by atoms with Gasteiger partial charge in [-0.1, -0.05) is 12.1 Å². The summed E-state index contributed by atoms with van der Waals surface area (Å²) in [5, 5.41) is 9.64. The van der Waals surface area contributed by atoms with E-state index in [0.717, 1.165) is 30.8 Å².